The first-order chi connectivity index (χ1) is 8.06. The number of methoxy groups -OCH3 is 3. The first-order valence-corrected chi connectivity index (χ1v) is 4.54. The Morgan fingerprint density at radius 3 is 2.12 bits per heavy atom. The van der Waals surface area contributed by atoms with Crippen molar-refractivity contribution < 1.29 is 23.9 Å². The largest absolute Gasteiger partial charge is 0.496 e. The summed E-state index contributed by atoms with van der Waals surface area (Å²) in [6, 6.07) is 2.75. The summed E-state index contributed by atoms with van der Waals surface area (Å²) in [5.74, 6) is -0.826. The van der Waals surface area contributed by atoms with Crippen LogP contribution in [0.25, 0.3) is 0 Å². The summed E-state index contributed by atoms with van der Waals surface area (Å²) in [6.45, 7) is 0. The average molecular weight is 241 g/mol. The Morgan fingerprint density at radius 1 is 1.18 bits per heavy atom. The monoisotopic (exact) mass is 241 g/mol. The van der Waals surface area contributed by atoms with Gasteiger partial charge in [-0.2, -0.15) is 0 Å². The van der Waals surface area contributed by atoms with E-state index >= 15 is 0 Å². The average Bonchev–Trinajstić information content (AvgIpc) is 2.35. The van der Waals surface area contributed by atoms with Crippen LogP contribution in [0.1, 0.15) is 10.4 Å². The van der Waals surface area contributed by atoms with Gasteiger partial charge in [-0.15, -0.1) is 0 Å². The molecule has 1 rings (SSSR count). The van der Waals surface area contributed by atoms with E-state index in [0.29, 0.717) is 0 Å². The molecule has 17 heavy (non-hydrogen) atoms. The van der Waals surface area contributed by atoms with Gasteiger partial charge >= 0.3 is 11.7 Å². The molecule has 0 aliphatic carbocycles. The van der Waals surface area contributed by atoms with Crippen LogP contribution in [-0.2, 0) is 4.74 Å². The predicted molar refractivity (Wildman–Crippen MR) is 57.5 cm³/mol. The third-order valence-corrected chi connectivity index (χ3v) is 2.11. The standard InChI is InChI=1S/C10H11NO6/c1-15-6-4-5-7(16-2)9(11(13)14)8(6)10(12)17-3/h4-5H,1-3H3. The number of ether oxygens (including phenoxy) is 3. The van der Waals surface area contributed by atoms with Crippen LogP contribution in [0, 0.1) is 10.1 Å². The highest BCUT2D eigenvalue weighted by Gasteiger charge is 2.30. The fourth-order valence-electron chi connectivity index (χ4n) is 1.37. The van der Waals surface area contributed by atoms with Crippen LogP contribution < -0.4 is 9.47 Å². The Morgan fingerprint density at radius 2 is 1.71 bits per heavy atom. The van der Waals surface area contributed by atoms with Gasteiger partial charge in [0.05, 0.1) is 26.3 Å². The first-order valence-electron chi connectivity index (χ1n) is 4.54. The molecular formula is C10H11NO6. The highest BCUT2D eigenvalue weighted by atomic mass is 16.6. The van der Waals surface area contributed by atoms with Crippen molar-refractivity contribution in [2.75, 3.05) is 21.3 Å². The third kappa shape index (κ3) is 2.27. The zero-order valence-electron chi connectivity index (χ0n) is 9.55. The summed E-state index contributed by atoms with van der Waals surface area (Å²) in [6.07, 6.45) is 0. The fraction of sp³-hybridized carbons (Fsp3) is 0.300. The number of hydrogen-bond acceptors (Lipinski definition) is 6. The van der Waals surface area contributed by atoms with E-state index in [2.05, 4.69) is 4.74 Å². The second-order valence-corrected chi connectivity index (χ2v) is 2.94. The van der Waals surface area contributed by atoms with Crippen molar-refractivity contribution in [2.24, 2.45) is 0 Å². The van der Waals surface area contributed by atoms with Gasteiger partial charge < -0.3 is 14.2 Å². The molecule has 0 aliphatic heterocycles. The molecule has 92 valence electrons. The van der Waals surface area contributed by atoms with Crippen LogP contribution in [0.15, 0.2) is 12.1 Å². The summed E-state index contributed by atoms with van der Waals surface area (Å²) in [4.78, 5) is 21.8. The minimum atomic E-state index is -0.854. The summed E-state index contributed by atoms with van der Waals surface area (Å²) in [5, 5.41) is 11.0. The zero-order chi connectivity index (χ0) is 13.0. The molecule has 0 aromatic heterocycles. The summed E-state index contributed by atoms with van der Waals surface area (Å²) >= 11 is 0. The number of carbonyl (C=O) groups excluding carboxylic acids is 1. The van der Waals surface area contributed by atoms with Crippen LogP contribution >= 0.6 is 0 Å². The first kappa shape index (κ1) is 12.8. The number of nitro benzene ring substituents is 1. The molecule has 0 saturated heterocycles. The van der Waals surface area contributed by atoms with Crippen molar-refractivity contribution in [3.05, 3.63) is 27.8 Å². The van der Waals surface area contributed by atoms with E-state index < -0.39 is 16.6 Å². The minimum absolute atomic E-state index is 0.0313. The highest BCUT2D eigenvalue weighted by molar-refractivity contribution is 5.98. The van der Waals surface area contributed by atoms with Crippen LogP contribution in [0.5, 0.6) is 11.5 Å². The molecule has 0 saturated carbocycles. The number of esters is 1. The lowest BCUT2D eigenvalue weighted by molar-refractivity contribution is -0.386. The molecular weight excluding hydrogens is 230 g/mol. The topological polar surface area (TPSA) is 87.9 Å². The van der Waals surface area contributed by atoms with Crippen molar-refractivity contribution in [2.45, 2.75) is 0 Å². The normalized spacial score (nSPS) is 9.59. The van der Waals surface area contributed by atoms with E-state index in [4.69, 9.17) is 9.47 Å². The number of hydrogen-bond donors (Lipinski definition) is 0. The van der Waals surface area contributed by atoms with E-state index in [1.165, 1.54) is 26.4 Å². The van der Waals surface area contributed by atoms with E-state index in [9.17, 15) is 14.9 Å². The molecule has 0 heterocycles. The van der Waals surface area contributed by atoms with Gasteiger partial charge in [-0.25, -0.2) is 4.79 Å². The smallest absolute Gasteiger partial charge is 0.348 e. The Bertz CT molecular complexity index is 456. The molecule has 0 spiro atoms. The van der Waals surface area contributed by atoms with E-state index in [-0.39, 0.29) is 17.1 Å². The molecule has 0 bridgehead atoms. The summed E-state index contributed by atoms with van der Waals surface area (Å²) in [5.41, 5.74) is -0.738. The Balaban J connectivity index is 3.58. The molecule has 0 fully saturated rings. The lowest BCUT2D eigenvalue weighted by Gasteiger charge is -2.09. The van der Waals surface area contributed by atoms with E-state index in [1.807, 2.05) is 0 Å². The molecule has 1 aromatic rings. The van der Waals surface area contributed by atoms with Crippen LogP contribution in [0.4, 0.5) is 5.69 Å². The number of nitro groups is 1. The van der Waals surface area contributed by atoms with Gasteiger partial charge in [0.25, 0.3) is 0 Å². The van der Waals surface area contributed by atoms with Crippen molar-refractivity contribution in [3.8, 4) is 11.5 Å². The molecule has 1 aromatic carbocycles. The number of nitrogens with zero attached hydrogens (tertiary/aromatic N) is 1. The molecule has 7 heteroatoms. The number of carbonyl (C=O) groups is 1. The number of benzene rings is 1. The fourth-order valence-corrected chi connectivity index (χ4v) is 1.37. The molecule has 0 N–H and O–H groups in total. The van der Waals surface area contributed by atoms with Crippen molar-refractivity contribution in [1.82, 2.24) is 0 Å². The highest BCUT2D eigenvalue weighted by Crippen LogP contribution is 2.37. The van der Waals surface area contributed by atoms with Crippen molar-refractivity contribution in [1.29, 1.82) is 0 Å². The Kier molecular flexibility index (Phi) is 3.86. The third-order valence-electron chi connectivity index (χ3n) is 2.11. The van der Waals surface area contributed by atoms with Crippen LogP contribution in [-0.4, -0.2) is 32.2 Å². The molecule has 7 nitrogen and oxygen atoms in total. The predicted octanol–water partition coefficient (Wildman–Crippen LogP) is 1.40. The van der Waals surface area contributed by atoms with Gasteiger partial charge in [0.1, 0.15) is 5.75 Å². The van der Waals surface area contributed by atoms with Crippen molar-refractivity contribution >= 4 is 11.7 Å². The van der Waals surface area contributed by atoms with Crippen LogP contribution in [0.3, 0.4) is 0 Å². The van der Waals surface area contributed by atoms with Gasteiger partial charge in [0.15, 0.2) is 11.3 Å². The quantitative estimate of drug-likeness (QED) is 0.449. The molecule has 0 aliphatic rings. The Labute approximate surface area is 97.0 Å². The maximum atomic E-state index is 11.5. The SMILES string of the molecule is COC(=O)c1c(OC)ccc(OC)c1[N+](=O)[O-]. The van der Waals surface area contributed by atoms with Gasteiger partial charge in [0, 0.05) is 0 Å². The van der Waals surface area contributed by atoms with Gasteiger partial charge in [-0.05, 0) is 12.1 Å². The second-order valence-electron chi connectivity index (χ2n) is 2.94. The zero-order valence-corrected chi connectivity index (χ0v) is 9.55. The lowest BCUT2D eigenvalue weighted by atomic mass is 10.1. The minimum Gasteiger partial charge on any atom is -0.496 e. The molecule has 0 amide bonds. The lowest BCUT2D eigenvalue weighted by Crippen LogP contribution is -2.09. The van der Waals surface area contributed by atoms with Crippen LogP contribution in [0.2, 0.25) is 0 Å². The molecule has 0 radical (unpaired) electrons. The summed E-state index contributed by atoms with van der Waals surface area (Å²) < 4.78 is 14.2. The maximum absolute atomic E-state index is 11.5. The maximum Gasteiger partial charge on any atom is 0.348 e. The Hall–Kier alpha value is -2.31. The molecule has 0 atom stereocenters. The van der Waals surface area contributed by atoms with Crippen molar-refractivity contribution in [3.63, 3.8) is 0 Å². The second kappa shape index (κ2) is 5.15. The summed E-state index contributed by atoms with van der Waals surface area (Å²) in [7, 11) is 3.71. The molecule has 0 unspecified atom stereocenters. The van der Waals surface area contributed by atoms with Gasteiger partial charge in [-0.3, -0.25) is 10.1 Å². The van der Waals surface area contributed by atoms with E-state index in [1.54, 1.807) is 0 Å². The van der Waals surface area contributed by atoms with E-state index in [0.717, 1.165) is 7.11 Å². The number of rotatable bonds is 4. The van der Waals surface area contributed by atoms with Gasteiger partial charge in [-0.1, -0.05) is 0 Å². The van der Waals surface area contributed by atoms with Gasteiger partial charge in [0.2, 0.25) is 0 Å².